The second-order valence-electron chi connectivity index (χ2n) is 3.51. The average Bonchev–Trinajstić information content (AvgIpc) is 2.22. The summed E-state index contributed by atoms with van der Waals surface area (Å²) in [5.41, 5.74) is 0. The quantitative estimate of drug-likeness (QED) is 0.469. The van der Waals surface area contributed by atoms with Gasteiger partial charge in [-0.2, -0.15) is 0 Å². The van der Waals surface area contributed by atoms with Crippen molar-refractivity contribution < 1.29 is 19.8 Å². The Morgan fingerprint density at radius 1 is 0.889 bits per heavy atom. The summed E-state index contributed by atoms with van der Waals surface area (Å²) in [6, 6.07) is -1.13. The van der Waals surface area contributed by atoms with Crippen molar-refractivity contribution in [1.82, 2.24) is 10.6 Å². The maximum absolute atomic E-state index is 10.6. The number of carboxylic acid groups (broad SMARTS) is 2. The zero-order valence-electron chi connectivity index (χ0n) is 10.5. The summed E-state index contributed by atoms with van der Waals surface area (Å²) in [5.74, 6) is -1.76. The van der Waals surface area contributed by atoms with Crippen molar-refractivity contribution in [3.8, 4) is 0 Å². The van der Waals surface area contributed by atoms with E-state index in [1.807, 2.05) is 0 Å². The van der Waals surface area contributed by atoms with E-state index in [9.17, 15) is 9.59 Å². The minimum atomic E-state index is -0.882. The molecule has 6 nitrogen and oxygen atoms in total. The lowest BCUT2D eigenvalue weighted by Gasteiger charge is -2.15. The Morgan fingerprint density at radius 2 is 1.17 bits per heavy atom. The molecule has 110 valence electrons. The van der Waals surface area contributed by atoms with Gasteiger partial charge in [0.25, 0.3) is 0 Å². The summed E-state index contributed by atoms with van der Waals surface area (Å²) in [5, 5.41) is 23.1. The number of hydrogen-bond acceptors (Lipinski definition) is 4. The highest BCUT2D eigenvalue weighted by atomic mass is 35.5. The van der Waals surface area contributed by atoms with Gasteiger partial charge >= 0.3 is 11.9 Å². The number of rotatable bonds is 9. The molecule has 0 aliphatic rings. The summed E-state index contributed by atoms with van der Waals surface area (Å²) in [4.78, 5) is 21.3. The zero-order chi connectivity index (χ0) is 12.6. The van der Waals surface area contributed by atoms with Crippen molar-refractivity contribution in [2.45, 2.75) is 38.8 Å². The minimum absolute atomic E-state index is 0. The Kier molecular flexibility index (Phi) is 16.2. The van der Waals surface area contributed by atoms with Crippen molar-refractivity contribution in [2.24, 2.45) is 0 Å². The first-order valence-electron chi connectivity index (χ1n) is 5.45. The summed E-state index contributed by atoms with van der Waals surface area (Å²) in [6.07, 6.45) is 1.01. The molecule has 0 unspecified atom stereocenters. The maximum atomic E-state index is 10.6. The molecule has 0 bridgehead atoms. The predicted octanol–water partition coefficient (Wildman–Crippen LogP) is 0.736. The van der Waals surface area contributed by atoms with Gasteiger partial charge < -0.3 is 20.8 Å². The van der Waals surface area contributed by atoms with Gasteiger partial charge in [-0.05, 0) is 12.8 Å². The van der Waals surface area contributed by atoms with Crippen LogP contribution < -0.4 is 10.6 Å². The molecule has 0 aliphatic carbocycles. The Hall–Kier alpha value is -0.560. The molecular formula is C10H22Cl2N2O4. The van der Waals surface area contributed by atoms with E-state index < -0.39 is 24.0 Å². The lowest BCUT2D eigenvalue weighted by Crippen LogP contribution is -2.43. The average molecular weight is 305 g/mol. The third-order valence-electron chi connectivity index (χ3n) is 2.32. The molecule has 0 aromatic rings. The Bertz CT molecular complexity index is 218. The molecule has 0 aromatic carbocycles. The minimum Gasteiger partial charge on any atom is -0.480 e. The lowest BCUT2D eigenvalue weighted by atomic mass is 10.2. The lowest BCUT2D eigenvalue weighted by molar-refractivity contribution is -0.140. The number of hydrogen-bond donors (Lipinski definition) is 4. The molecule has 0 amide bonds. The molecule has 0 radical (unpaired) electrons. The fourth-order valence-electron chi connectivity index (χ4n) is 1.31. The van der Waals surface area contributed by atoms with Crippen LogP contribution in [0.2, 0.25) is 0 Å². The Balaban J connectivity index is -0.00000112. The number of halogens is 2. The third kappa shape index (κ3) is 9.47. The Morgan fingerprint density at radius 3 is 1.33 bits per heavy atom. The molecule has 0 aliphatic heterocycles. The monoisotopic (exact) mass is 304 g/mol. The van der Waals surface area contributed by atoms with Gasteiger partial charge in [-0.15, -0.1) is 24.8 Å². The second kappa shape index (κ2) is 12.9. The molecule has 0 spiro atoms. The first kappa shape index (κ1) is 22.6. The van der Waals surface area contributed by atoms with Crippen LogP contribution in [-0.2, 0) is 9.59 Å². The predicted molar refractivity (Wildman–Crippen MR) is 73.9 cm³/mol. The van der Waals surface area contributed by atoms with Crippen LogP contribution >= 0.6 is 24.8 Å². The molecule has 0 rings (SSSR count). The van der Waals surface area contributed by atoms with E-state index in [2.05, 4.69) is 10.6 Å². The van der Waals surface area contributed by atoms with E-state index >= 15 is 0 Å². The third-order valence-corrected chi connectivity index (χ3v) is 2.32. The van der Waals surface area contributed by atoms with Gasteiger partial charge in [0, 0.05) is 13.1 Å². The van der Waals surface area contributed by atoms with Gasteiger partial charge in [0.15, 0.2) is 0 Å². The fraction of sp³-hybridized carbons (Fsp3) is 0.800. The number of nitrogens with one attached hydrogen (secondary N) is 2. The van der Waals surface area contributed by atoms with Gasteiger partial charge in [0.05, 0.1) is 0 Å². The van der Waals surface area contributed by atoms with E-state index in [0.717, 1.165) is 0 Å². The smallest absolute Gasteiger partial charge is 0.320 e. The van der Waals surface area contributed by atoms with E-state index in [-0.39, 0.29) is 24.8 Å². The first-order chi connectivity index (χ1) is 7.52. The van der Waals surface area contributed by atoms with E-state index in [4.69, 9.17) is 10.2 Å². The van der Waals surface area contributed by atoms with Crippen LogP contribution in [0, 0.1) is 0 Å². The van der Waals surface area contributed by atoms with Gasteiger partial charge in [-0.25, -0.2) is 0 Å². The Labute approximate surface area is 119 Å². The van der Waals surface area contributed by atoms with Crippen LogP contribution in [0.15, 0.2) is 0 Å². The first-order valence-corrected chi connectivity index (χ1v) is 5.45. The van der Waals surface area contributed by atoms with Gasteiger partial charge in [0.2, 0.25) is 0 Å². The molecule has 4 N–H and O–H groups in total. The summed E-state index contributed by atoms with van der Waals surface area (Å²) < 4.78 is 0. The molecule has 18 heavy (non-hydrogen) atoms. The fourth-order valence-corrected chi connectivity index (χ4v) is 1.31. The van der Waals surface area contributed by atoms with Crippen molar-refractivity contribution >= 4 is 36.8 Å². The molecule has 0 heterocycles. The van der Waals surface area contributed by atoms with Gasteiger partial charge in [-0.1, -0.05) is 13.8 Å². The van der Waals surface area contributed by atoms with Crippen molar-refractivity contribution in [1.29, 1.82) is 0 Å². The topological polar surface area (TPSA) is 98.7 Å². The van der Waals surface area contributed by atoms with Crippen LogP contribution in [0.3, 0.4) is 0 Å². The molecule has 0 saturated heterocycles. The number of aliphatic carboxylic acids is 2. The molecule has 2 atom stereocenters. The highest BCUT2D eigenvalue weighted by molar-refractivity contribution is 5.85. The summed E-state index contributed by atoms with van der Waals surface area (Å²) >= 11 is 0. The normalized spacial score (nSPS) is 12.8. The van der Waals surface area contributed by atoms with Crippen molar-refractivity contribution in [3.05, 3.63) is 0 Å². The van der Waals surface area contributed by atoms with E-state index in [1.165, 1.54) is 0 Å². The summed E-state index contributed by atoms with van der Waals surface area (Å²) in [7, 11) is 0. The van der Waals surface area contributed by atoms with Gasteiger partial charge in [0.1, 0.15) is 12.1 Å². The van der Waals surface area contributed by atoms with E-state index in [0.29, 0.717) is 25.9 Å². The van der Waals surface area contributed by atoms with Crippen LogP contribution in [-0.4, -0.2) is 47.3 Å². The largest absolute Gasteiger partial charge is 0.480 e. The highest BCUT2D eigenvalue weighted by Crippen LogP contribution is 1.91. The van der Waals surface area contributed by atoms with Crippen molar-refractivity contribution in [2.75, 3.05) is 13.1 Å². The van der Waals surface area contributed by atoms with Crippen molar-refractivity contribution in [3.63, 3.8) is 0 Å². The van der Waals surface area contributed by atoms with Gasteiger partial charge in [-0.3, -0.25) is 9.59 Å². The second-order valence-corrected chi connectivity index (χ2v) is 3.51. The standard InChI is InChI=1S/C10H20N2O4.2ClH/c1-3-7(9(13)14)11-5-6-12-8(4-2)10(15)16;;/h7-8,11-12H,3-6H2,1-2H3,(H,13,14)(H,15,16);2*1H/t7-,8-;;/m0../s1. The van der Waals surface area contributed by atoms with Crippen LogP contribution in [0.1, 0.15) is 26.7 Å². The summed E-state index contributed by atoms with van der Waals surface area (Å²) in [6.45, 7) is 4.44. The van der Waals surface area contributed by atoms with Crippen LogP contribution in [0.4, 0.5) is 0 Å². The number of carbonyl (C=O) groups is 2. The molecule has 0 aromatic heterocycles. The maximum Gasteiger partial charge on any atom is 0.320 e. The molecule has 8 heteroatoms. The molecular weight excluding hydrogens is 283 g/mol. The zero-order valence-corrected chi connectivity index (χ0v) is 12.1. The molecule has 0 saturated carbocycles. The molecule has 0 fully saturated rings. The highest BCUT2D eigenvalue weighted by Gasteiger charge is 2.15. The SMILES string of the molecule is CC[C@H](NCCN[C@@H](CC)C(=O)O)C(=O)O.Cl.Cl. The van der Waals surface area contributed by atoms with E-state index in [1.54, 1.807) is 13.8 Å². The van der Waals surface area contributed by atoms with Crippen LogP contribution in [0.25, 0.3) is 0 Å². The number of carboxylic acids is 2. The van der Waals surface area contributed by atoms with Crippen LogP contribution in [0.5, 0.6) is 0 Å².